The number of carbonyl (C=O) groups is 1. The Morgan fingerprint density at radius 1 is 1.29 bits per heavy atom. The molecule has 0 saturated carbocycles. The molecule has 1 heterocycles. The lowest BCUT2D eigenvalue weighted by Gasteiger charge is -2.09. The first-order valence-corrected chi connectivity index (χ1v) is 7.68. The molecule has 110 valence electrons. The van der Waals surface area contributed by atoms with E-state index in [9.17, 15) is 4.79 Å². The van der Waals surface area contributed by atoms with Crippen molar-refractivity contribution < 1.29 is 4.79 Å². The lowest BCUT2D eigenvalue weighted by molar-refractivity contribution is 0.102. The Bertz CT molecular complexity index is 643. The first-order valence-electron chi connectivity index (χ1n) is 6.88. The molecule has 0 fully saturated rings. The zero-order chi connectivity index (χ0) is 15.2. The fraction of sp³-hybridized carbons (Fsp3) is 0.250. The van der Waals surface area contributed by atoms with Gasteiger partial charge in [-0.3, -0.25) is 4.79 Å². The highest BCUT2D eigenvalue weighted by Gasteiger charge is 2.10. The molecule has 5 heteroatoms. The van der Waals surface area contributed by atoms with Crippen molar-refractivity contribution in [3.05, 3.63) is 52.1 Å². The average Bonchev–Trinajstić information content (AvgIpc) is 2.49. The van der Waals surface area contributed by atoms with Crippen LogP contribution >= 0.6 is 15.9 Å². The van der Waals surface area contributed by atoms with Crippen LogP contribution in [-0.4, -0.2) is 17.4 Å². The zero-order valence-electron chi connectivity index (χ0n) is 12.1. The Labute approximate surface area is 133 Å². The summed E-state index contributed by atoms with van der Waals surface area (Å²) in [7, 11) is 0. The van der Waals surface area contributed by atoms with Crippen molar-refractivity contribution in [3.63, 3.8) is 0 Å². The van der Waals surface area contributed by atoms with Crippen LogP contribution in [0.3, 0.4) is 0 Å². The summed E-state index contributed by atoms with van der Waals surface area (Å²) < 4.78 is 0.849. The summed E-state index contributed by atoms with van der Waals surface area (Å²) in [5.41, 5.74) is 2.22. The minimum Gasteiger partial charge on any atom is -0.370 e. The molecule has 0 aliphatic carbocycles. The highest BCUT2D eigenvalue weighted by atomic mass is 79.9. The smallest absolute Gasteiger partial charge is 0.274 e. The van der Waals surface area contributed by atoms with Crippen molar-refractivity contribution in [2.75, 3.05) is 17.2 Å². The van der Waals surface area contributed by atoms with E-state index >= 15 is 0 Å². The number of rotatable bonds is 5. The summed E-state index contributed by atoms with van der Waals surface area (Å²) >= 11 is 3.43. The van der Waals surface area contributed by atoms with Crippen LogP contribution in [0.4, 0.5) is 11.5 Å². The predicted octanol–water partition coefficient (Wildman–Crippen LogP) is 4.23. The van der Waals surface area contributed by atoms with E-state index in [1.165, 1.54) is 0 Å². The fourth-order valence-corrected chi connectivity index (χ4v) is 2.18. The van der Waals surface area contributed by atoms with E-state index in [4.69, 9.17) is 0 Å². The molecule has 0 saturated heterocycles. The second-order valence-corrected chi connectivity index (χ2v) is 5.63. The third-order valence-corrected chi connectivity index (χ3v) is 3.60. The van der Waals surface area contributed by atoms with Gasteiger partial charge in [0.25, 0.3) is 5.91 Å². The first-order chi connectivity index (χ1) is 10.1. The summed E-state index contributed by atoms with van der Waals surface area (Å²) in [6.07, 6.45) is 1.01. The number of anilines is 2. The van der Waals surface area contributed by atoms with Gasteiger partial charge in [0, 0.05) is 11.0 Å². The quantitative estimate of drug-likeness (QED) is 0.850. The van der Waals surface area contributed by atoms with E-state index in [1.807, 2.05) is 37.3 Å². The summed E-state index contributed by atoms with van der Waals surface area (Å²) in [4.78, 5) is 16.6. The molecule has 0 unspecified atom stereocenters. The number of nitrogens with one attached hydrogen (secondary N) is 2. The number of hydrogen-bond donors (Lipinski definition) is 2. The van der Waals surface area contributed by atoms with Crippen molar-refractivity contribution >= 4 is 33.3 Å². The van der Waals surface area contributed by atoms with Gasteiger partial charge in [0.15, 0.2) is 0 Å². The Morgan fingerprint density at radius 3 is 2.86 bits per heavy atom. The Kier molecular flexibility index (Phi) is 5.33. The molecule has 1 aromatic heterocycles. The highest BCUT2D eigenvalue weighted by Crippen LogP contribution is 2.23. The number of nitrogens with zero attached hydrogens (tertiary/aromatic N) is 1. The second kappa shape index (κ2) is 7.22. The fourth-order valence-electron chi connectivity index (χ4n) is 1.83. The first kappa shape index (κ1) is 15.5. The van der Waals surface area contributed by atoms with Gasteiger partial charge in [-0.1, -0.05) is 19.1 Å². The summed E-state index contributed by atoms with van der Waals surface area (Å²) in [5, 5.41) is 6.05. The Morgan fingerprint density at radius 2 is 2.10 bits per heavy atom. The van der Waals surface area contributed by atoms with Crippen LogP contribution in [0.1, 0.15) is 29.4 Å². The number of aromatic nitrogens is 1. The molecule has 2 aromatic rings. The Hall–Kier alpha value is -1.88. The van der Waals surface area contributed by atoms with E-state index < -0.39 is 0 Å². The molecule has 0 atom stereocenters. The molecule has 0 spiro atoms. The van der Waals surface area contributed by atoms with Crippen LogP contribution in [0.15, 0.2) is 40.9 Å². The third-order valence-electron chi connectivity index (χ3n) is 2.91. The van der Waals surface area contributed by atoms with Gasteiger partial charge < -0.3 is 10.6 Å². The lowest BCUT2D eigenvalue weighted by Crippen LogP contribution is -2.15. The standard InChI is InChI=1S/C16H18BrN3O/c1-3-9-18-15-6-4-5-13(19-15)16(21)20-14-10-11(2)7-8-12(14)17/h4-8,10H,3,9H2,1-2H3,(H,18,19)(H,20,21). The minimum absolute atomic E-state index is 0.221. The lowest BCUT2D eigenvalue weighted by atomic mass is 10.2. The molecule has 0 aliphatic rings. The van der Waals surface area contributed by atoms with E-state index in [0.717, 1.165) is 28.7 Å². The van der Waals surface area contributed by atoms with Crippen LogP contribution in [-0.2, 0) is 0 Å². The zero-order valence-corrected chi connectivity index (χ0v) is 13.7. The number of amides is 1. The second-order valence-electron chi connectivity index (χ2n) is 4.77. The molecule has 1 aromatic carbocycles. The van der Waals surface area contributed by atoms with Crippen LogP contribution in [0.25, 0.3) is 0 Å². The average molecular weight is 348 g/mol. The van der Waals surface area contributed by atoms with E-state index in [2.05, 4.69) is 38.5 Å². The maximum absolute atomic E-state index is 12.3. The largest absolute Gasteiger partial charge is 0.370 e. The minimum atomic E-state index is -0.221. The molecule has 0 bridgehead atoms. The summed E-state index contributed by atoms with van der Waals surface area (Å²) in [6, 6.07) is 11.2. The molecule has 4 nitrogen and oxygen atoms in total. The van der Waals surface area contributed by atoms with Crippen LogP contribution in [0.2, 0.25) is 0 Å². The molecule has 21 heavy (non-hydrogen) atoms. The molecular weight excluding hydrogens is 330 g/mol. The van der Waals surface area contributed by atoms with Crippen molar-refractivity contribution in [1.82, 2.24) is 4.98 Å². The van der Waals surface area contributed by atoms with Crippen molar-refractivity contribution in [2.24, 2.45) is 0 Å². The van der Waals surface area contributed by atoms with Gasteiger partial charge >= 0.3 is 0 Å². The van der Waals surface area contributed by atoms with Crippen LogP contribution in [0.5, 0.6) is 0 Å². The topological polar surface area (TPSA) is 54.0 Å². The van der Waals surface area contributed by atoms with Gasteiger partial charge in [-0.05, 0) is 59.1 Å². The molecular formula is C16H18BrN3O. The highest BCUT2D eigenvalue weighted by molar-refractivity contribution is 9.10. The normalized spacial score (nSPS) is 10.2. The van der Waals surface area contributed by atoms with E-state index in [-0.39, 0.29) is 5.91 Å². The van der Waals surface area contributed by atoms with Crippen molar-refractivity contribution in [1.29, 1.82) is 0 Å². The van der Waals surface area contributed by atoms with E-state index in [1.54, 1.807) is 6.07 Å². The monoisotopic (exact) mass is 347 g/mol. The molecule has 2 N–H and O–H groups in total. The van der Waals surface area contributed by atoms with Crippen LogP contribution < -0.4 is 10.6 Å². The van der Waals surface area contributed by atoms with Crippen molar-refractivity contribution in [2.45, 2.75) is 20.3 Å². The van der Waals surface area contributed by atoms with Crippen LogP contribution in [0, 0.1) is 6.92 Å². The number of carbonyl (C=O) groups excluding carboxylic acids is 1. The van der Waals surface area contributed by atoms with Gasteiger partial charge in [-0.15, -0.1) is 0 Å². The van der Waals surface area contributed by atoms with Gasteiger partial charge in [-0.25, -0.2) is 4.98 Å². The van der Waals surface area contributed by atoms with Gasteiger partial charge in [0.05, 0.1) is 5.69 Å². The molecule has 0 aliphatic heterocycles. The maximum atomic E-state index is 12.3. The van der Waals surface area contributed by atoms with E-state index in [0.29, 0.717) is 11.5 Å². The predicted molar refractivity (Wildman–Crippen MR) is 89.8 cm³/mol. The molecule has 2 rings (SSSR count). The summed E-state index contributed by atoms with van der Waals surface area (Å²) in [6.45, 7) is 4.90. The Balaban J connectivity index is 2.14. The number of aryl methyl sites for hydroxylation is 1. The number of halogens is 1. The number of pyridine rings is 1. The maximum Gasteiger partial charge on any atom is 0.274 e. The van der Waals surface area contributed by atoms with Gasteiger partial charge in [0.2, 0.25) is 0 Å². The number of benzene rings is 1. The SMILES string of the molecule is CCCNc1cccc(C(=O)Nc2cc(C)ccc2Br)n1. The number of hydrogen-bond acceptors (Lipinski definition) is 3. The van der Waals surface area contributed by atoms with Gasteiger partial charge in [-0.2, -0.15) is 0 Å². The van der Waals surface area contributed by atoms with Crippen molar-refractivity contribution in [3.8, 4) is 0 Å². The molecule has 0 radical (unpaired) electrons. The summed E-state index contributed by atoms with van der Waals surface area (Å²) in [5.74, 6) is 0.495. The third kappa shape index (κ3) is 4.29. The molecule has 1 amide bonds. The van der Waals surface area contributed by atoms with Gasteiger partial charge in [0.1, 0.15) is 11.5 Å².